The lowest BCUT2D eigenvalue weighted by molar-refractivity contribution is 0.208. The highest BCUT2D eigenvalue weighted by atomic mass is 16.5. The van der Waals surface area contributed by atoms with Crippen LogP contribution in [-0.2, 0) is 0 Å². The van der Waals surface area contributed by atoms with E-state index in [2.05, 4.69) is 12.0 Å². The Hall–Kier alpha value is -2.70. The van der Waals surface area contributed by atoms with Crippen molar-refractivity contribution in [3.8, 4) is 17.8 Å². The van der Waals surface area contributed by atoms with Gasteiger partial charge >= 0.3 is 0 Å². The van der Waals surface area contributed by atoms with Gasteiger partial charge in [-0.15, -0.1) is 0 Å². The first-order chi connectivity index (χ1) is 9.83. The molecular formula is C17H12O3. The van der Waals surface area contributed by atoms with Gasteiger partial charge in [-0.2, -0.15) is 0 Å². The van der Waals surface area contributed by atoms with Crippen LogP contribution in [0.5, 0.6) is 5.75 Å². The Morgan fingerprint density at radius 1 is 1.00 bits per heavy atom. The lowest BCUT2D eigenvalue weighted by Gasteiger charge is -1.97. The summed E-state index contributed by atoms with van der Waals surface area (Å²) in [4.78, 5) is 0. The fourth-order valence-corrected chi connectivity index (χ4v) is 1.84. The zero-order valence-electron chi connectivity index (χ0n) is 10.6. The Morgan fingerprint density at radius 2 is 1.75 bits per heavy atom. The lowest BCUT2D eigenvalue weighted by Crippen LogP contribution is -1.92. The number of furan rings is 1. The van der Waals surface area contributed by atoms with Crippen LogP contribution < -0.4 is 4.74 Å². The Morgan fingerprint density at radius 3 is 2.55 bits per heavy atom. The van der Waals surface area contributed by atoms with Gasteiger partial charge in [0.25, 0.3) is 0 Å². The molecule has 2 aromatic carbocycles. The molecule has 0 aliphatic rings. The zero-order chi connectivity index (χ0) is 13.8. The highest BCUT2D eigenvalue weighted by molar-refractivity contribution is 5.77. The standard InChI is InChI=1S/C17H12O3/c18-15(10-11-19-14-7-2-1-3-8-14)17-12-13-6-4-5-9-16(13)20-17/h1-9,12,15,18H. The van der Waals surface area contributed by atoms with E-state index in [9.17, 15) is 5.11 Å². The number of hydrogen-bond donors (Lipinski definition) is 1. The molecule has 1 unspecified atom stereocenters. The molecule has 1 heterocycles. The number of ether oxygens (including phenoxy) is 1. The van der Waals surface area contributed by atoms with E-state index in [0.717, 1.165) is 11.0 Å². The van der Waals surface area contributed by atoms with Crippen LogP contribution in [0.4, 0.5) is 0 Å². The summed E-state index contributed by atoms with van der Waals surface area (Å²) in [6, 6.07) is 18.5. The average Bonchev–Trinajstić information content (AvgIpc) is 2.92. The van der Waals surface area contributed by atoms with E-state index >= 15 is 0 Å². The van der Waals surface area contributed by atoms with Crippen molar-refractivity contribution in [2.45, 2.75) is 6.10 Å². The summed E-state index contributed by atoms with van der Waals surface area (Å²) in [6.45, 7) is 0. The Kier molecular flexibility index (Phi) is 3.40. The first-order valence-corrected chi connectivity index (χ1v) is 6.22. The van der Waals surface area contributed by atoms with Gasteiger partial charge in [-0.05, 0) is 30.2 Å². The zero-order valence-corrected chi connectivity index (χ0v) is 10.6. The van der Waals surface area contributed by atoms with Crippen molar-refractivity contribution in [1.29, 1.82) is 0 Å². The molecule has 0 saturated carbocycles. The molecule has 0 aliphatic carbocycles. The summed E-state index contributed by atoms with van der Waals surface area (Å²) in [7, 11) is 0. The molecule has 0 spiro atoms. The first kappa shape index (κ1) is 12.3. The highest BCUT2D eigenvalue weighted by Crippen LogP contribution is 2.23. The van der Waals surface area contributed by atoms with Crippen molar-refractivity contribution >= 4 is 11.0 Å². The van der Waals surface area contributed by atoms with E-state index in [0.29, 0.717) is 11.5 Å². The Labute approximate surface area is 116 Å². The number of fused-ring (bicyclic) bond motifs is 1. The van der Waals surface area contributed by atoms with Gasteiger partial charge in [0.05, 0.1) is 0 Å². The second-order valence-electron chi connectivity index (χ2n) is 4.25. The summed E-state index contributed by atoms with van der Waals surface area (Å²) < 4.78 is 10.7. The molecule has 0 radical (unpaired) electrons. The molecule has 0 bridgehead atoms. The Balaban J connectivity index is 1.74. The molecule has 3 heteroatoms. The van der Waals surface area contributed by atoms with Gasteiger partial charge in [0.15, 0.2) is 6.10 Å². The third-order valence-corrected chi connectivity index (χ3v) is 2.82. The van der Waals surface area contributed by atoms with Crippen molar-refractivity contribution < 1.29 is 14.3 Å². The summed E-state index contributed by atoms with van der Waals surface area (Å²) >= 11 is 0. The molecule has 0 aliphatic heterocycles. The van der Waals surface area contributed by atoms with E-state index in [4.69, 9.17) is 9.15 Å². The quantitative estimate of drug-likeness (QED) is 0.720. The van der Waals surface area contributed by atoms with E-state index < -0.39 is 6.10 Å². The van der Waals surface area contributed by atoms with Gasteiger partial charge in [0.2, 0.25) is 0 Å². The van der Waals surface area contributed by atoms with Crippen LogP contribution >= 0.6 is 0 Å². The minimum atomic E-state index is -1.01. The molecule has 0 saturated heterocycles. The second-order valence-corrected chi connectivity index (χ2v) is 4.25. The highest BCUT2D eigenvalue weighted by Gasteiger charge is 2.10. The van der Waals surface area contributed by atoms with E-state index in [1.165, 1.54) is 0 Å². The number of aliphatic hydroxyl groups excluding tert-OH is 1. The summed E-state index contributed by atoms with van der Waals surface area (Å²) in [5, 5.41) is 10.9. The maximum Gasteiger partial charge on any atom is 0.176 e. The molecule has 1 aromatic heterocycles. The number of rotatable bonds is 2. The predicted octanol–water partition coefficient (Wildman–Crippen LogP) is 3.51. The fourth-order valence-electron chi connectivity index (χ4n) is 1.84. The maximum absolute atomic E-state index is 9.95. The van der Waals surface area contributed by atoms with Crippen molar-refractivity contribution in [3.05, 3.63) is 66.4 Å². The number of para-hydroxylation sites is 2. The van der Waals surface area contributed by atoms with Crippen LogP contribution in [0, 0.1) is 12.0 Å². The van der Waals surface area contributed by atoms with Crippen LogP contribution in [0.15, 0.2) is 65.1 Å². The predicted molar refractivity (Wildman–Crippen MR) is 76.0 cm³/mol. The van der Waals surface area contributed by atoms with Gasteiger partial charge in [0, 0.05) is 5.39 Å². The molecule has 1 N–H and O–H groups in total. The van der Waals surface area contributed by atoms with Gasteiger partial charge < -0.3 is 14.3 Å². The topological polar surface area (TPSA) is 42.6 Å². The third-order valence-electron chi connectivity index (χ3n) is 2.82. The normalized spacial score (nSPS) is 11.7. The van der Waals surface area contributed by atoms with E-state index in [-0.39, 0.29) is 0 Å². The molecular weight excluding hydrogens is 252 g/mol. The minimum absolute atomic E-state index is 0.412. The van der Waals surface area contributed by atoms with Crippen LogP contribution in [-0.4, -0.2) is 5.11 Å². The lowest BCUT2D eigenvalue weighted by atomic mass is 10.2. The van der Waals surface area contributed by atoms with Crippen LogP contribution in [0.25, 0.3) is 11.0 Å². The summed E-state index contributed by atoms with van der Waals surface area (Å²) in [5.74, 6) is 3.65. The summed E-state index contributed by atoms with van der Waals surface area (Å²) in [5.41, 5.74) is 0.729. The molecule has 3 aromatic rings. The number of aliphatic hydroxyl groups is 1. The maximum atomic E-state index is 9.95. The minimum Gasteiger partial charge on any atom is -0.457 e. The monoisotopic (exact) mass is 264 g/mol. The van der Waals surface area contributed by atoms with E-state index in [1.807, 2.05) is 42.5 Å². The largest absolute Gasteiger partial charge is 0.457 e. The van der Waals surface area contributed by atoms with Crippen LogP contribution in [0.1, 0.15) is 11.9 Å². The van der Waals surface area contributed by atoms with Crippen LogP contribution in [0.3, 0.4) is 0 Å². The molecule has 20 heavy (non-hydrogen) atoms. The molecule has 3 nitrogen and oxygen atoms in total. The number of benzene rings is 2. The average molecular weight is 264 g/mol. The second kappa shape index (κ2) is 5.52. The van der Waals surface area contributed by atoms with Gasteiger partial charge in [-0.1, -0.05) is 36.4 Å². The SMILES string of the molecule is OC(C#COc1ccccc1)c1cc2ccccc2o1. The van der Waals surface area contributed by atoms with Gasteiger partial charge in [-0.25, -0.2) is 0 Å². The van der Waals surface area contributed by atoms with E-state index in [1.54, 1.807) is 18.2 Å². The van der Waals surface area contributed by atoms with Crippen molar-refractivity contribution in [2.75, 3.05) is 0 Å². The third kappa shape index (κ3) is 2.66. The van der Waals surface area contributed by atoms with Crippen molar-refractivity contribution in [1.82, 2.24) is 0 Å². The Bertz CT molecular complexity index is 730. The smallest absolute Gasteiger partial charge is 0.176 e. The van der Waals surface area contributed by atoms with Crippen molar-refractivity contribution in [2.24, 2.45) is 0 Å². The summed E-state index contributed by atoms with van der Waals surface area (Å²) in [6.07, 6.45) is 1.48. The molecule has 3 rings (SSSR count). The molecule has 1 atom stereocenters. The van der Waals surface area contributed by atoms with Crippen LogP contribution in [0.2, 0.25) is 0 Å². The number of hydrogen-bond acceptors (Lipinski definition) is 3. The first-order valence-electron chi connectivity index (χ1n) is 6.22. The van der Waals surface area contributed by atoms with Gasteiger partial charge in [-0.3, -0.25) is 0 Å². The fraction of sp³-hybridized carbons (Fsp3) is 0.0588. The molecule has 0 amide bonds. The van der Waals surface area contributed by atoms with Gasteiger partial charge in [0.1, 0.15) is 23.2 Å². The molecule has 0 fully saturated rings. The van der Waals surface area contributed by atoms with Crippen molar-refractivity contribution in [3.63, 3.8) is 0 Å². The molecule has 98 valence electrons.